The molecule has 4 nitrogen and oxygen atoms in total. The van der Waals surface area contributed by atoms with Gasteiger partial charge in [0.1, 0.15) is 0 Å². The maximum atomic E-state index is 13.2. The zero-order chi connectivity index (χ0) is 22.5. The molecule has 1 aliphatic carbocycles. The first-order valence-corrected chi connectivity index (χ1v) is 13.0. The molecule has 32 heavy (non-hydrogen) atoms. The third-order valence-corrected chi connectivity index (χ3v) is 8.75. The van der Waals surface area contributed by atoms with Crippen LogP contribution in [-0.4, -0.2) is 8.42 Å². The van der Waals surface area contributed by atoms with Gasteiger partial charge in [-0.3, -0.25) is 4.72 Å². The molecule has 0 bridgehead atoms. The molecule has 0 spiro atoms. The first-order valence-electron chi connectivity index (χ1n) is 10.7. The molecule has 0 unspecified atom stereocenters. The summed E-state index contributed by atoms with van der Waals surface area (Å²) in [7, 11) is -3.69. The molecule has 0 amide bonds. The van der Waals surface area contributed by atoms with Crippen molar-refractivity contribution in [3.8, 4) is 0 Å². The van der Waals surface area contributed by atoms with Crippen LogP contribution in [0.15, 0.2) is 82.2 Å². The minimum Gasteiger partial charge on any atom is -0.378 e. The molecule has 0 aromatic heterocycles. The fourth-order valence-corrected chi connectivity index (χ4v) is 6.41. The van der Waals surface area contributed by atoms with Crippen LogP contribution in [0.3, 0.4) is 0 Å². The lowest BCUT2D eigenvalue weighted by atomic mass is 9.77. The Morgan fingerprint density at radius 2 is 1.78 bits per heavy atom. The van der Waals surface area contributed by atoms with E-state index in [0.717, 1.165) is 33.3 Å². The lowest BCUT2D eigenvalue weighted by molar-refractivity contribution is 0.424. The predicted octanol–water partition coefficient (Wildman–Crippen LogP) is 6.69. The maximum Gasteiger partial charge on any atom is 0.261 e. The van der Waals surface area contributed by atoms with Crippen LogP contribution in [-0.2, 0) is 10.0 Å². The van der Waals surface area contributed by atoms with E-state index in [1.54, 1.807) is 12.1 Å². The summed E-state index contributed by atoms with van der Waals surface area (Å²) < 4.78 is 30.1. The van der Waals surface area contributed by atoms with E-state index in [1.807, 2.05) is 44.2 Å². The number of hydrogen-bond donors (Lipinski definition) is 2. The summed E-state index contributed by atoms with van der Waals surface area (Å²) in [5.41, 5.74) is 6.02. The Hall–Kier alpha value is -2.57. The molecule has 3 aromatic rings. The molecule has 3 aromatic carbocycles. The average Bonchev–Trinajstić information content (AvgIpc) is 3.26. The van der Waals surface area contributed by atoms with Gasteiger partial charge in [0.2, 0.25) is 0 Å². The molecule has 5 rings (SSSR count). The zero-order valence-electron chi connectivity index (χ0n) is 18.0. The van der Waals surface area contributed by atoms with E-state index >= 15 is 0 Å². The molecular weight excluding hydrogens is 484 g/mol. The van der Waals surface area contributed by atoms with Crippen molar-refractivity contribution >= 4 is 37.3 Å². The molecule has 0 saturated heterocycles. The van der Waals surface area contributed by atoms with Gasteiger partial charge >= 0.3 is 0 Å². The SMILES string of the molecule is Cc1ccc(NS(=O)(=O)c2ccc3c(c2)[C@@H]2C=CC[C@H]2[C@@H](c2ccccc2Br)N3)cc1C. The first-order chi connectivity index (χ1) is 15.3. The Kier molecular flexibility index (Phi) is 5.38. The molecule has 1 aliphatic heterocycles. The highest BCUT2D eigenvalue weighted by molar-refractivity contribution is 9.10. The summed E-state index contributed by atoms with van der Waals surface area (Å²) in [6.07, 6.45) is 5.40. The summed E-state index contributed by atoms with van der Waals surface area (Å²) in [6, 6.07) is 19.5. The number of benzene rings is 3. The van der Waals surface area contributed by atoms with Gasteiger partial charge in [-0.1, -0.05) is 52.3 Å². The smallest absolute Gasteiger partial charge is 0.261 e. The van der Waals surface area contributed by atoms with Crippen LogP contribution in [0.2, 0.25) is 0 Å². The van der Waals surface area contributed by atoms with Crippen LogP contribution in [0.5, 0.6) is 0 Å². The molecular formula is C26H25BrN2O2S. The minimum atomic E-state index is -3.69. The zero-order valence-corrected chi connectivity index (χ0v) is 20.4. The summed E-state index contributed by atoms with van der Waals surface area (Å²) >= 11 is 3.70. The lowest BCUT2D eigenvalue weighted by Crippen LogP contribution is -2.29. The third-order valence-electron chi connectivity index (χ3n) is 6.64. The van der Waals surface area contributed by atoms with Crippen molar-refractivity contribution in [2.75, 3.05) is 10.0 Å². The number of allylic oxidation sites excluding steroid dienone is 2. The molecule has 2 aliphatic rings. The number of sulfonamides is 1. The van der Waals surface area contributed by atoms with E-state index < -0.39 is 10.0 Å². The summed E-state index contributed by atoms with van der Waals surface area (Å²) in [5, 5.41) is 3.68. The molecule has 6 heteroatoms. The van der Waals surface area contributed by atoms with Crippen molar-refractivity contribution in [1.82, 2.24) is 0 Å². The highest BCUT2D eigenvalue weighted by Crippen LogP contribution is 2.51. The van der Waals surface area contributed by atoms with Crippen LogP contribution in [0.4, 0.5) is 11.4 Å². The molecule has 164 valence electrons. The Morgan fingerprint density at radius 3 is 2.56 bits per heavy atom. The van der Waals surface area contributed by atoms with Gasteiger partial charge in [-0.25, -0.2) is 8.42 Å². The topological polar surface area (TPSA) is 58.2 Å². The highest BCUT2D eigenvalue weighted by Gasteiger charge is 2.39. The van der Waals surface area contributed by atoms with Gasteiger partial charge in [-0.05, 0) is 84.8 Å². The van der Waals surface area contributed by atoms with Gasteiger partial charge in [-0.2, -0.15) is 0 Å². The molecule has 1 heterocycles. The number of halogens is 1. The number of hydrogen-bond acceptors (Lipinski definition) is 3. The van der Waals surface area contributed by atoms with E-state index in [2.05, 4.69) is 56.3 Å². The second-order valence-electron chi connectivity index (χ2n) is 8.65. The normalized spacial score (nSPS) is 21.5. The fraction of sp³-hybridized carbons (Fsp3) is 0.231. The van der Waals surface area contributed by atoms with Gasteiger partial charge in [0.05, 0.1) is 10.9 Å². The Bertz CT molecular complexity index is 1330. The quantitative estimate of drug-likeness (QED) is 0.385. The largest absolute Gasteiger partial charge is 0.378 e. The number of fused-ring (bicyclic) bond motifs is 3. The lowest BCUT2D eigenvalue weighted by Gasteiger charge is -2.38. The van der Waals surface area contributed by atoms with Gasteiger partial charge in [0.15, 0.2) is 0 Å². The number of rotatable bonds is 4. The molecule has 0 saturated carbocycles. The molecule has 3 atom stereocenters. The van der Waals surface area contributed by atoms with Gasteiger partial charge in [0, 0.05) is 21.8 Å². The van der Waals surface area contributed by atoms with Crippen molar-refractivity contribution < 1.29 is 8.42 Å². The Balaban J connectivity index is 1.49. The average molecular weight is 509 g/mol. The second kappa shape index (κ2) is 8.09. The van der Waals surface area contributed by atoms with E-state index in [0.29, 0.717) is 11.6 Å². The van der Waals surface area contributed by atoms with Crippen molar-refractivity contribution in [1.29, 1.82) is 0 Å². The van der Waals surface area contributed by atoms with Crippen LogP contribution in [0.1, 0.15) is 40.6 Å². The number of anilines is 2. The van der Waals surface area contributed by atoms with Crippen LogP contribution in [0.25, 0.3) is 0 Å². The first kappa shape index (κ1) is 21.3. The van der Waals surface area contributed by atoms with E-state index in [-0.39, 0.29) is 16.9 Å². The van der Waals surface area contributed by atoms with Crippen LogP contribution in [0, 0.1) is 19.8 Å². The minimum absolute atomic E-state index is 0.161. The van der Waals surface area contributed by atoms with Crippen molar-refractivity contribution in [2.45, 2.75) is 37.1 Å². The third kappa shape index (κ3) is 3.76. The highest BCUT2D eigenvalue weighted by atomic mass is 79.9. The van der Waals surface area contributed by atoms with Crippen molar-refractivity contribution in [3.63, 3.8) is 0 Å². The summed E-state index contributed by atoms with van der Waals surface area (Å²) in [6.45, 7) is 3.99. The van der Waals surface area contributed by atoms with Gasteiger partial charge in [0.25, 0.3) is 10.0 Å². The van der Waals surface area contributed by atoms with Crippen LogP contribution >= 0.6 is 15.9 Å². The van der Waals surface area contributed by atoms with Crippen molar-refractivity contribution in [2.24, 2.45) is 5.92 Å². The van der Waals surface area contributed by atoms with Gasteiger partial charge in [-0.15, -0.1) is 0 Å². The summed E-state index contributed by atoms with van der Waals surface area (Å²) in [5.74, 6) is 0.520. The second-order valence-corrected chi connectivity index (χ2v) is 11.2. The van der Waals surface area contributed by atoms with E-state index in [1.165, 1.54) is 5.56 Å². The van der Waals surface area contributed by atoms with Crippen LogP contribution < -0.4 is 10.0 Å². The maximum absolute atomic E-state index is 13.2. The summed E-state index contributed by atoms with van der Waals surface area (Å²) in [4.78, 5) is 0.287. The van der Waals surface area contributed by atoms with E-state index in [4.69, 9.17) is 0 Å². The molecule has 0 fully saturated rings. The molecule has 2 N–H and O–H groups in total. The Labute approximate surface area is 197 Å². The predicted molar refractivity (Wildman–Crippen MR) is 134 cm³/mol. The Morgan fingerprint density at radius 1 is 0.969 bits per heavy atom. The van der Waals surface area contributed by atoms with Crippen molar-refractivity contribution in [3.05, 3.63) is 99.5 Å². The standard InChI is InChI=1S/C26H25BrN2O2S/c1-16-10-11-18(14-17(16)2)29-32(30,31)19-12-13-25-23(15-19)20-7-5-8-21(20)26(28-25)22-6-3-4-9-24(22)27/h3-7,9-15,20-21,26,28-29H,8H2,1-2H3/t20-,21-,26+/m1/s1. The molecule has 0 radical (unpaired) electrons. The number of nitrogens with one attached hydrogen (secondary N) is 2. The fourth-order valence-electron chi connectivity index (χ4n) is 4.79. The van der Waals surface area contributed by atoms with Gasteiger partial charge < -0.3 is 5.32 Å². The number of aryl methyl sites for hydroxylation is 2. The van der Waals surface area contributed by atoms with E-state index in [9.17, 15) is 8.42 Å². The monoisotopic (exact) mass is 508 g/mol.